The molecule has 0 radical (unpaired) electrons. The summed E-state index contributed by atoms with van der Waals surface area (Å²) in [4.78, 5) is 11.5. The number of hydrogen-bond donors (Lipinski definition) is 1. The highest BCUT2D eigenvalue weighted by Crippen LogP contribution is 2.30. The smallest absolute Gasteiger partial charge is 0.112 e. The SMILES string of the molecule is CNCC1CCCCN1c1ccnc2cc(Br)cnc12. The lowest BCUT2D eigenvalue weighted by atomic mass is 10.0. The Hall–Kier alpha value is -1.20. The fourth-order valence-corrected chi connectivity index (χ4v) is 3.31. The van der Waals surface area contributed by atoms with Gasteiger partial charge in [0, 0.05) is 36.0 Å². The van der Waals surface area contributed by atoms with Crippen LogP contribution in [0.4, 0.5) is 5.69 Å². The predicted molar refractivity (Wildman–Crippen MR) is 86.1 cm³/mol. The quantitative estimate of drug-likeness (QED) is 0.936. The van der Waals surface area contributed by atoms with E-state index in [2.05, 4.69) is 42.2 Å². The minimum atomic E-state index is 0.546. The summed E-state index contributed by atoms with van der Waals surface area (Å²) in [6.45, 7) is 2.11. The first-order valence-electron chi connectivity index (χ1n) is 7.11. The summed E-state index contributed by atoms with van der Waals surface area (Å²) in [6.07, 6.45) is 7.54. The van der Waals surface area contributed by atoms with E-state index in [4.69, 9.17) is 0 Å². The fourth-order valence-electron chi connectivity index (χ4n) is 2.99. The van der Waals surface area contributed by atoms with Gasteiger partial charge in [0.25, 0.3) is 0 Å². The number of likely N-dealkylation sites (N-methyl/N-ethyl adjacent to an activating group) is 1. The van der Waals surface area contributed by atoms with Crippen LogP contribution in [0.5, 0.6) is 0 Å². The van der Waals surface area contributed by atoms with Gasteiger partial charge in [0.1, 0.15) is 5.52 Å². The van der Waals surface area contributed by atoms with Gasteiger partial charge in [-0.3, -0.25) is 9.97 Å². The number of fused-ring (bicyclic) bond motifs is 1. The largest absolute Gasteiger partial charge is 0.365 e. The van der Waals surface area contributed by atoms with E-state index in [1.165, 1.54) is 24.9 Å². The molecule has 1 aliphatic rings. The Morgan fingerprint density at radius 1 is 1.40 bits per heavy atom. The number of piperidine rings is 1. The van der Waals surface area contributed by atoms with Crippen LogP contribution in [0.3, 0.4) is 0 Å². The molecule has 1 atom stereocenters. The molecule has 1 aliphatic heterocycles. The molecule has 3 rings (SSSR count). The molecular weight excluding hydrogens is 316 g/mol. The number of rotatable bonds is 3. The van der Waals surface area contributed by atoms with Crippen LogP contribution < -0.4 is 10.2 Å². The first kappa shape index (κ1) is 13.8. The third-order valence-electron chi connectivity index (χ3n) is 3.90. The van der Waals surface area contributed by atoms with Crippen molar-refractivity contribution in [2.24, 2.45) is 0 Å². The van der Waals surface area contributed by atoms with Crippen LogP contribution >= 0.6 is 15.9 Å². The average molecular weight is 335 g/mol. The number of nitrogens with zero attached hydrogens (tertiary/aromatic N) is 3. The maximum atomic E-state index is 4.58. The summed E-state index contributed by atoms with van der Waals surface area (Å²) >= 11 is 3.46. The molecule has 0 amide bonds. The molecule has 20 heavy (non-hydrogen) atoms. The number of pyridine rings is 2. The van der Waals surface area contributed by atoms with E-state index in [0.29, 0.717) is 6.04 Å². The zero-order valence-electron chi connectivity index (χ0n) is 11.6. The maximum absolute atomic E-state index is 4.58. The molecular formula is C15H19BrN4. The van der Waals surface area contributed by atoms with Crippen molar-refractivity contribution in [3.63, 3.8) is 0 Å². The van der Waals surface area contributed by atoms with E-state index in [0.717, 1.165) is 28.6 Å². The number of aromatic nitrogens is 2. The molecule has 1 unspecified atom stereocenters. The van der Waals surface area contributed by atoms with Gasteiger partial charge < -0.3 is 10.2 Å². The number of anilines is 1. The van der Waals surface area contributed by atoms with Crippen LogP contribution in [-0.2, 0) is 0 Å². The predicted octanol–water partition coefficient (Wildman–Crippen LogP) is 2.97. The topological polar surface area (TPSA) is 41.0 Å². The lowest BCUT2D eigenvalue weighted by Gasteiger charge is -2.37. The van der Waals surface area contributed by atoms with E-state index in [1.807, 2.05) is 25.5 Å². The highest BCUT2D eigenvalue weighted by molar-refractivity contribution is 9.10. The Balaban J connectivity index is 2.03. The first-order valence-corrected chi connectivity index (χ1v) is 7.90. The van der Waals surface area contributed by atoms with Gasteiger partial charge in [-0.1, -0.05) is 0 Å². The second-order valence-corrected chi connectivity index (χ2v) is 6.17. The monoisotopic (exact) mass is 334 g/mol. The average Bonchev–Trinajstić information content (AvgIpc) is 2.47. The third kappa shape index (κ3) is 2.65. The third-order valence-corrected chi connectivity index (χ3v) is 4.33. The highest BCUT2D eigenvalue weighted by Gasteiger charge is 2.23. The molecule has 106 valence electrons. The Kier molecular flexibility index (Phi) is 4.17. The van der Waals surface area contributed by atoms with Crippen LogP contribution in [0.2, 0.25) is 0 Å². The van der Waals surface area contributed by atoms with Crippen molar-refractivity contribution in [1.29, 1.82) is 0 Å². The van der Waals surface area contributed by atoms with Crippen LogP contribution in [0.15, 0.2) is 29.0 Å². The Morgan fingerprint density at radius 2 is 2.30 bits per heavy atom. The Bertz CT molecular complexity index is 599. The van der Waals surface area contributed by atoms with Gasteiger partial charge in [-0.05, 0) is 54.4 Å². The molecule has 0 spiro atoms. The second-order valence-electron chi connectivity index (χ2n) is 5.25. The summed E-state index contributed by atoms with van der Waals surface area (Å²) in [5.74, 6) is 0. The van der Waals surface area contributed by atoms with Crippen LogP contribution in [0.1, 0.15) is 19.3 Å². The fraction of sp³-hybridized carbons (Fsp3) is 0.467. The normalized spacial score (nSPS) is 19.5. The molecule has 0 aliphatic carbocycles. The highest BCUT2D eigenvalue weighted by atomic mass is 79.9. The molecule has 0 aromatic carbocycles. The van der Waals surface area contributed by atoms with Gasteiger partial charge in [0.05, 0.1) is 11.2 Å². The maximum Gasteiger partial charge on any atom is 0.112 e. The van der Waals surface area contributed by atoms with Gasteiger partial charge in [0.15, 0.2) is 0 Å². The number of halogens is 1. The summed E-state index contributed by atoms with van der Waals surface area (Å²) in [7, 11) is 2.02. The van der Waals surface area contributed by atoms with E-state index in [-0.39, 0.29) is 0 Å². The van der Waals surface area contributed by atoms with Crippen molar-refractivity contribution < 1.29 is 0 Å². The molecule has 0 bridgehead atoms. The zero-order chi connectivity index (χ0) is 13.9. The molecule has 5 heteroatoms. The van der Waals surface area contributed by atoms with Gasteiger partial charge in [-0.2, -0.15) is 0 Å². The molecule has 1 saturated heterocycles. The van der Waals surface area contributed by atoms with E-state index in [9.17, 15) is 0 Å². The molecule has 1 fully saturated rings. The van der Waals surface area contributed by atoms with Gasteiger partial charge in [0.2, 0.25) is 0 Å². The van der Waals surface area contributed by atoms with Crippen LogP contribution in [0, 0.1) is 0 Å². The van der Waals surface area contributed by atoms with Crippen molar-refractivity contribution in [2.75, 3.05) is 25.0 Å². The van der Waals surface area contributed by atoms with Crippen molar-refractivity contribution in [1.82, 2.24) is 15.3 Å². The van der Waals surface area contributed by atoms with Crippen molar-refractivity contribution in [3.05, 3.63) is 29.0 Å². The molecule has 4 nitrogen and oxygen atoms in total. The minimum Gasteiger partial charge on any atom is -0.365 e. The number of hydrogen-bond acceptors (Lipinski definition) is 4. The molecule has 1 N–H and O–H groups in total. The number of nitrogens with one attached hydrogen (secondary N) is 1. The first-order chi connectivity index (χ1) is 9.79. The second kappa shape index (κ2) is 6.06. The van der Waals surface area contributed by atoms with Crippen LogP contribution in [0.25, 0.3) is 11.0 Å². The van der Waals surface area contributed by atoms with E-state index < -0.39 is 0 Å². The van der Waals surface area contributed by atoms with Gasteiger partial charge in [-0.25, -0.2) is 0 Å². The van der Waals surface area contributed by atoms with Gasteiger partial charge in [-0.15, -0.1) is 0 Å². The zero-order valence-corrected chi connectivity index (χ0v) is 13.2. The van der Waals surface area contributed by atoms with E-state index in [1.54, 1.807) is 0 Å². The molecule has 2 aromatic heterocycles. The Labute approximate surface area is 127 Å². The summed E-state index contributed by atoms with van der Waals surface area (Å²) < 4.78 is 0.972. The van der Waals surface area contributed by atoms with Crippen molar-refractivity contribution in [2.45, 2.75) is 25.3 Å². The molecule has 0 saturated carbocycles. The van der Waals surface area contributed by atoms with Gasteiger partial charge >= 0.3 is 0 Å². The minimum absolute atomic E-state index is 0.546. The standard InChI is InChI=1S/C15H19BrN4/c1-17-10-12-4-2-3-7-20(12)14-5-6-18-13-8-11(16)9-19-15(13)14/h5-6,8-9,12,17H,2-4,7,10H2,1H3. The lowest BCUT2D eigenvalue weighted by molar-refractivity contribution is 0.447. The van der Waals surface area contributed by atoms with Crippen molar-refractivity contribution in [3.8, 4) is 0 Å². The Morgan fingerprint density at radius 3 is 3.15 bits per heavy atom. The van der Waals surface area contributed by atoms with Crippen molar-refractivity contribution >= 4 is 32.7 Å². The van der Waals surface area contributed by atoms with Crippen LogP contribution in [-0.4, -0.2) is 36.1 Å². The summed E-state index contributed by atoms with van der Waals surface area (Å²) in [5, 5.41) is 3.31. The van der Waals surface area contributed by atoms with E-state index >= 15 is 0 Å². The molecule has 3 heterocycles. The summed E-state index contributed by atoms with van der Waals surface area (Å²) in [5.41, 5.74) is 3.16. The summed E-state index contributed by atoms with van der Waals surface area (Å²) in [6, 6.07) is 4.67. The lowest BCUT2D eigenvalue weighted by Crippen LogP contribution is -2.45. The molecule has 2 aromatic rings.